The molecule has 1 aromatic heterocycles. The molecule has 0 aliphatic heterocycles. The molecule has 0 fully saturated rings. The van der Waals surface area contributed by atoms with E-state index in [1.54, 1.807) is 12.1 Å². The molecule has 0 saturated heterocycles. The van der Waals surface area contributed by atoms with E-state index < -0.39 is 6.04 Å². The SMILES string of the molecule is CC(C)OCC(N)c1noc(Cc2ccc(F)cc2)n1. The molecular formula is C14H18FN3O2. The Morgan fingerprint density at radius 3 is 2.65 bits per heavy atom. The van der Waals surface area contributed by atoms with Gasteiger partial charge in [-0.25, -0.2) is 4.39 Å². The van der Waals surface area contributed by atoms with Gasteiger partial charge in [0.15, 0.2) is 5.82 Å². The maximum Gasteiger partial charge on any atom is 0.231 e. The molecule has 2 rings (SSSR count). The lowest BCUT2D eigenvalue weighted by molar-refractivity contribution is 0.0665. The molecule has 1 atom stereocenters. The highest BCUT2D eigenvalue weighted by Gasteiger charge is 2.15. The molecule has 1 unspecified atom stereocenters. The number of hydrogen-bond donors (Lipinski definition) is 1. The lowest BCUT2D eigenvalue weighted by Crippen LogP contribution is -2.20. The van der Waals surface area contributed by atoms with Gasteiger partial charge in [-0.05, 0) is 31.5 Å². The minimum Gasteiger partial charge on any atom is -0.377 e. The molecule has 20 heavy (non-hydrogen) atoms. The minimum absolute atomic E-state index is 0.103. The Bertz CT molecular complexity index is 540. The van der Waals surface area contributed by atoms with Gasteiger partial charge in [-0.3, -0.25) is 0 Å². The third kappa shape index (κ3) is 4.11. The summed E-state index contributed by atoms with van der Waals surface area (Å²) in [6.07, 6.45) is 0.553. The van der Waals surface area contributed by atoms with Crippen molar-refractivity contribution in [2.75, 3.05) is 6.61 Å². The highest BCUT2D eigenvalue weighted by Crippen LogP contribution is 2.12. The van der Waals surface area contributed by atoms with Crippen molar-refractivity contribution in [1.29, 1.82) is 0 Å². The maximum absolute atomic E-state index is 12.8. The van der Waals surface area contributed by atoms with Crippen molar-refractivity contribution in [2.24, 2.45) is 5.73 Å². The van der Waals surface area contributed by atoms with Gasteiger partial charge in [0.05, 0.1) is 25.2 Å². The lowest BCUT2D eigenvalue weighted by Gasteiger charge is -2.10. The average molecular weight is 279 g/mol. The number of nitrogens with zero attached hydrogens (tertiary/aromatic N) is 2. The normalized spacial score (nSPS) is 12.8. The molecule has 0 amide bonds. The second-order valence-corrected chi connectivity index (χ2v) is 4.84. The highest BCUT2D eigenvalue weighted by atomic mass is 19.1. The van der Waals surface area contributed by atoms with Gasteiger partial charge >= 0.3 is 0 Å². The second kappa shape index (κ2) is 6.58. The second-order valence-electron chi connectivity index (χ2n) is 4.84. The summed E-state index contributed by atoms with van der Waals surface area (Å²) < 4.78 is 23.4. The number of nitrogens with two attached hydrogens (primary N) is 1. The minimum atomic E-state index is -0.414. The van der Waals surface area contributed by atoms with Crippen LogP contribution in [0, 0.1) is 5.82 Å². The summed E-state index contributed by atoms with van der Waals surface area (Å²) in [4.78, 5) is 4.23. The van der Waals surface area contributed by atoms with Crippen LogP contribution in [0.1, 0.15) is 37.2 Å². The van der Waals surface area contributed by atoms with Crippen LogP contribution in [0.25, 0.3) is 0 Å². The third-order valence-electron chi connectivity index (χ3n) is 2.69. The smallest absolute Gasteiger partial charge is 0.231 e. The van der Waals surface area contributed by atoms with E-state index in [2.05, 4.69) is 10.1 Å². The van der Waals surface area contributed by atoms with Crippen molar-refractivity contribution in [3.63, 3.8) is 0 Å². The van der Waals surface area contributed by atoms with Crippen LogP contribution < -0.4 is 5.73 Å². The van der Waals surface area contributed by atoms with E-state index in [1.165, 1.54) is 12.1 Å². The van der Waals surface area contributed by atoms with Gasteiger partial charge in [0.25, 0.3) is 0 Å². The van der Waals surface area contributed by atoms with E-state index in [0.717, 1.165) is 5.56 Å². The van der Waals surface area contributed by atoms with E-state index in [1.807, 2.05) is 13.8 Å². The van der Waals surface area contributed by atoms with Gasteiger partial charge in [0, 0.05) is 0 Å². The van der Waals surface area contributed by atoms with E-state index in [9.17, 15) is 4.39 Å². The first-order valence-electron chi connectivity index (χ1n) is 6.48. The summed E-state index contributed by atoms with van der Waals surface area (Å²) in [7, 11) is 0. The van der Waals surface area contributed by atoms with Crippen LogP contribution in [-0.4, -0.2) is 22.9 Å². The van der Waals surface area contributed by atoms with Gasteiger partial charge in [0.1, 0.15) is 5.82 Å². The summed E-state index contributed by atoms with van der Waals surface area (Å²) in [5, 5.41) is 3.84. The molecule has 0 bridgehead atoms. The summed E-state index contributed by atoms with van der Waals surface area (Å²) in [6.45, 7) is 4.21. The van der Waals surface area contributed by atoms with Crippen LogP contribution in [-0.2, 0) is 11.2 Å². The Kier molecular flexibility index (Phi) is 4.81. The van der Waals surface area contributed by atoms with Gasteiger partial charge in [0.2, 0.25) is 5.89 Å². The molecule has 1 heterocycles. The Morgan fingerprint density at radius 2 is 2.00 bits per heavy atom. The molecule has 2 aromatic rings. The quantitative estimate of drug-likeness (QED) is 0.877. The molecular weight excluding hydrogens is 261 g/mol. The fourth-order valence-corrected chi connectivity index (χ4v) is 1.64. The molecule has 1 aromatic carbocycles. The summed E-state index contributed by atoms with van der Waals surface area (Å²) >= 11 is 0. The standard InChI is InChI=1S/C14H18FN3O2/c1-9(2)19-8-12(16)14-17-13(20-18-14)7-10-3-5-11(15)6-4-10/h3-6,9,12H,7-8,16H2,1-2H3. The van der Waals surface area contributed by atoms with Gasteiger partial charge in [-0.2, -0.15) is 4.98 Å². The first-order chi connectivity index (χ1) is 9.54. The Hall–Kier alpha value is -1.79. The van der Waals surface area contributed by atoms with E-state index >= 15 is 0 Å². The first-order valence-corrected chi connectivity index (χ1v) is 6.48. The maximum atomic E-state index is 12.8. The summed E-state index contributed by atoms with van der Waals surface area (Å²) in [5.74, 6) is 0.599. The van der Waals surface area contributed by atoms with Crippen molar-refractivity contribution in [2.45, 2.75) is 32.4 Å². The number of hydrogen-bond acceptors (Lipinski definition) is 5. The largest absolute Gasteiger partial charge is 0.377 e. The molecule has 0 spiro atoms. The van der Waals surface area contributed by atoms with Crippen LogP contribution in [0.5, 0.6) is 0 Å². The number of ether oxygens (including phenoxy) is 1. The predicted molar refractivity (Wildman–Crippen MR) is 71.5 cm³/mol. The Morgan fingerprint density at radius 1 is 1.30 bits per heavy atom. The monoisotopic (exact) mass is 279 g/mol. The zero-order valence-corrected chi connectivity index (χ0v) is 11.5. The lowest BCUT2D eigenvalue weighted by atomic mass is 10.1. The van der Waals surface area contributed by atoms with Crippen molar-refractivity contribution < 1.29 is 13.7 Å². The molecule has 6 heteroatoms. The van der Waals surface area contributed by atoms with Gasteiger partial charge < -0.3 is 15.0 Å². The molecule has 2 N–H and O–H groups in total. The van der Waals surface area contributed by atoms with Crippen molar-refractivity contribution in [1.82, 2.24) is 10.1 Å². The molecule has 0 radical (unpaired) electrons. The molecule has 0 aliphatic carbocycles. The van der Waals surface area contributed by atoms with E-state index in [0.29, 0.717) is 24.7 Å². The summed E-state index contributed by atoms with van der Waals surface area (Å²) in [6, 6.07) is 5.74. The van der Waals surface area contributed by atoms with Gasteiger partial charge in [-0.15, -0.1) is 0 Å². The van der Waals surface area contributed by atoms with Crippen LogP contribution in [0.15, 0.2) is 28.8 Å². The van der Waals surface area contributed by atoms with E-state index in [-0.39, 0.29) is 11.9 Å². The average Bonchev–Trinajstić information content (AvgIpc) is 2.87. The number of halogens is 1. The summed E-state index contributed by atoms with van der Waals surface area (Å²) in [5.41, 5.74) is 6.81. The van der Waals surface area contributed by atoms with Crippen molar-refractivity contribution in [3.05, 3.63) is 47.4 Å². The molecule has 0 aliphatic rings. The number of aromatic nitrogens is 2. The zero-order valence-electron chi connectivity index (χ0n) is 11.5. The number of rotatable bonds is 6. The zero-order chi connectivity index (χ0) is 14.5. The van der Waals surface area contributed by atoms with Crippen LogP contribution in [0.4, 0.5) is 4.39 Å². The Labute approximate surface area is 116 Å². The first kappa shape index (κ1) is 14.6. The number of benzene rings is 1. The van der Waals surface area contributed by atoms with Crippen molar-refractivity contribution in [3.8, 4) is 0 Å². The Balaban J connectivity index is 1.96. The van der Waals surface area contributed by atoms with E-state index in [4.69, 9.17) is 15.0 Å². The molecule has 108 valence electrons. The topological polar surface area (TPSA) is 74.2 Å². The fraction of sp³-hybridized carbons (Fsp3) is 0.429. The third-order valence-corrected chi connectivity index (χ3v) is 2.69. The van der Waals surface area contributed by atoms with Crippen molar-refractivity contribution >= 4 is 0 Å². The molecule has 0 saturated carbocycles. The van der Waals surface area contributed by atoms with Crippen LogP contribution in [0.3, 0.4) is 0 Å². The van der Waals surface area contributed by atoms with Crippen LogP contribution >= 0.6 is 0 Å². The fourth-order valence-electron chi connectivity index (χ4n) is 1.64. The highest BCUT2D eigenvalue weighted by molar-refractivity contribution is 5.19. The molecule has 5 nitrogen and oxygen atoms in total. The van der Waals surface area contributed by atoms with Crippen LogP contribution in [0.2, 0.25) is 0 Å². The van der Waals surface area contributed by atoms with Gasteiger partial charge in [-0.1, -0.05) is 17.3 Å². The predicted octanol–water partition coefficient (Wildman–Crippen LogP) is 2.22.